The molecule has 1 aliphatic heterocycles. The number of carboxylic acids is 1. The van der Waals surface area contributed by atoms with Crippen LogP contribution in [0.3, 0.4) is 0 Å². The van der Waals surface area contributed by atoms with E-state index in [-0.39, 0.29) is 51.4 Å². The molecule has 0 aromatic heterocycles. The van der Waals surface area contributed by atoms with Crippen molar-refractivity contribution in [2.75, 3.05) is 6.54 Å². The molecule has 1 fully saturated rings. The van der Waals surface area contributed by atoms with Crippen molar-refractivity contribution in [2.24, 2.45) is 0 Å². The van der Waals surface area contributed by atoms with Gasteiger partial charge in [-0.25, -0.2) is 4.79 Å². The third-order valence-electron chi connectivity index (χ3n) is 2.15. The van der Waals surface area contributed by atoms with Crippen molar-refractivity contribution in [1.29, 1.82) is 0 Å². The van der Waals surface area contributed by atoms with Crippen molar-refractivity contribution < 1.29 is 70.8 Å². The Bertz CT molecular complexity index is 274. The van der Waals surface area contributed by atoms with Gasteiger partial charge in [-0.3, -0.25) is 4.90 Å². The van der Waals surface area contributed by atoms with Crippen LogP contribution in [-0.2, 0) is 9.53 Å². The normalized spacial score (nSPS) is 20.2. The van der Waals surface area contributed by atoms with Crippen molar-refractivity contribution in [1.82, 2.24) is 4.90 Å². The summed E-state index contributed by atoms with van der Waals surface area (Å²) in [5.74, 6) is -1.21. The quantitative estimate of drug-likeness (QED) is 0.471. The average molecular weight is 253 g/mol. The maximum Gasteiger partial charge on any atom is 1.00 e. The molecule has 1 rings (SSSR count). The van der Waals surface area contributed by atoms with Crippen LogP contribution in [0.4, 0.5) is 4.79 Å². The molecule has 1 heterocycles. The molecule has 1 aliphatic rings. The number of aliphatic carboxylic acids is 1. The second kappa shape index (κ2) is 6.35. The minimum Gasteiger partial charge on any atom is -0.548 e. The minimum atomic E-state index is -1.21. The van der Waals surface area contributed by atoms with Gasteiger partial charge in [-0.1, -0.05) is 0 Å². The van der Waals surface area contributed by atoms with Crippen LogP contribution >= 0.6 is 0 Å². The van der Waals surface area contributed by atoms with Crippen LogP contribution in [0.5, 0.6) is 0 Å². The first-order valence-corrected chi connectivity index (χ1v) is 5.02. The molecule has 6 heteroatoms. The summed E-state index contributed by atoms with van der Waals surface area (Å²) in [5, 5.41) is 10.7. The van der Waals surface area contributed by atoms with E-state index in [1.54, 1.807) is 20.8 Å². The fourth-order valence-electron chi connectivity index (χ4n) is 1.55. The summed E-state index contributed by atoms with van der Waals surface area (Å²) in [5.41, 5.74) is -0.601. The molecule has 0 unspecified atom stereocenters. The third-order valence-corrected chi connectivity index (χ3v) is 2.15. The fourth-order valence-corrected chi connectivity index (χ4v) is 1.55. The minimum absolute atomic E-state index is 0. The first kappa shape index (κ1) is 16.4. The molecular weight excluding hydrogens is 237 g/mol. The van der Waals surface area contributed by atoms with Crippen LogP contribution in [0.1, 0.15) is 33.6 Å². The van der Waals surface area contributed by atoms with Gasteiger partial charge in [-0.15, -0.1) is 0 Å². The molecule has 0 spiro atoms. The summed E-state index contributed by atoms with van der Waals surface area (Å²) >= 11 is 0. The Morgan fingerprint density at radius 1 is 1.38 bits per heavy atom. The molecule has 1 atom stereocenters. The Hall–Kier alpha value is 0.376. The number of ether oxygens (including phenoxy) is 1. The van der Waals surface area contributed by atoms with Gasteiger partial charge in [-0.2, -0.15) is 0 Å². The molecule has 16 heavy (non-hydrogen) atoms. The number of hydrogen-bond acceptors (Lipinski definition) is 4. The predicted octanol–water partition coefficient (Wildman–Crippen LogP) is -2.86. The van der Waals surface area contributed by atoms with E-state index >= 15 is 0 Å². The van der Waals surface area contributed by atoms with Gasteiger partial charge in [0, 0.05) is 6.54 Å². The number of nitrogens with zero attached hydrogens (tertiary/aromatic N) is 1. The Labute approximate surface area is 138 Å². The molecule has 0 aromatic rings. The fraction of sp³-hybridized carbons (Fsp3) is 0.800. The van der Waals surface area contributed by atoms with Gasteiger partial charge in [-0.05, 0) is 33.6 Å². The van der Waals surface area contributed by atoms with Crippen LogP contribution < -0.4 is 56.5 Å². The van der Waals surface area contributed by atoms with E-state index in [4.69, 9.17) is 4.74 Å². The molecule has 0 saturated carbocycles. The number of likely N-dealkylation sites (tertiary alicyclic amines) is 1. The number of rotatable bonds is 1. The summed E-state index contributed by atoms with van der Waals surface area (Å²) in [7, 11) is 0. The number of hydrogen-bond donors (Lipinski definition) is 0. The summed E-state index contributed by atoms with van der Waals surface area (Å²) in [6.45, 7) is 5.66. The van der Waals surface area contributed by atoms with Crippen LogP contribution in [-0.4, -0.2) is 35.2 Å². The van der Waals surface area contributed by atoms with Crippen molar-refractivity contribution >= 4 is 12.1 Å². The van der Waals surface area contributed by atoms with Crippen molar-refractivity contribution in [3.63, 3.8) is 0 Å². The van der Waals surface area contributed by atoms with Crippen LogP contribution in [0.25, 0.3) is 0 Å². The molecule has 1 amide bonds. The molecule has 0 bridgehead atoms. The third kappa shape index (κ3) is 4.71. The summed E-state index contributed by atoms with van der Waals surface area (Å²) < 4.78 is 5.10. The van der Waals surface area contributed by atoms with Gasteiger partial charge in [0.15, 0.2) is 0 Å². The van der Waals surface area contributed by atoms with E-state index in [1.165, 1.54) is 4.90 Å². The second-order valence-electron chi connectivity index (χ2n) is 4.65. The van der Waals surface area contributed by atoms with Gasteiger partial charge in [0.1, 0.15) is 5.60 Å². The standard InChI is InChI=1S/C10H17NO4.K/c1-10(2,3)15-9(14)11-6-4-5-7(11)8(12)13;/h7H,4-6H2,1-3H3,(H,12,13);/q;+1/p-1/t7-;/m1./s1. The zero-order valence-electron chi connectivity index (χ0n) is 10.3. The number of carboxylic acid groups (broad SMARTS) is 1. The summed E-state index contributed by atoms with van der Waals surface area (Å²) in [4.78, 5) is 23.5. The molecule has 1 saturated heterocycles. The van der Waals surface area contributed by atoms with Crippen LogP contribution in [0.2, 0.25) is 0 Å². The van der Waals surface area contributed by atoms with Crippen LogP contribution in [0, 0.1) is 0 Å². The molecule has 0 aliphatic carbocycles. The second-order valence-corrected chi connectivity index (χ2v) is 4.65. The largest absolute Gasteiger partial charge is 1.00 e. The maximum atomic E-state index is 11.6. The first-order valence-electron chi connectivity index (χ1n) is 5.02. The van der Waals surface area contributed by atoms with Crippen molar-refractivity contribution in [2.45, 2.75) is 45.3 Å². The van der Waals surface area contributed by atoms with E-state index < -0.39 is 23.7 Å². The van der Waals surface area contributed by atoms with Gasteiger partial charge >= 0.3 is 57.5 Å². The van der Waals surface area contributed by atoms with E-state index in [0.717, 1.165) is 0 Å². The zero-order chi connectivity index (χ0) is 11.6. The van der Waals surface area contributed by atoms with Gasteiger partial charge in [0.05, 0.1) is 12.0 Å². The molecular formula is C10H16KNO4. The summed E-state index contributed by atoms with van der Waals surface area (Å²) in [6, 6.07) is -0.833. The topological polar surface area (TPSA) is 69.7 Å². The van der Waals surface area contributed by atoms with E-state index in [9.17, 15) is 14.7 Å². The SMILES string of the molecule is CC(C)(C)OC(=O)N1CCC[C@@H]1C(=O)[O-].[K+]. The number of carbonyl (C=O) groups is 2. The van der Waals surface area contributed by atoms with E-state index in [0.29, 0.717) is 19.4 Å². The van der Waals surface area contributed by atoms with Gasteiger partial charge in [0.25, 0.3) is 0 Å². The molecule has 0 N–H and O–H groups in total. The van der Waals surface area contributed by atoms with Gasteiger partial charge in [0.2, 0.25) is 0 Å². The molecule has 0 aromatic carbocycles. The van der Waals surface area contributed by atoms with Gasteiger partial charge < -0.3 is 14.6 Å². The van der Waals surface area contributed by atoms with E-state index in [2.05, 4.69) is 0 Å². The molecule has 86 valence electrons. The number of amides is 1. The Kier molecular flexibility index (Phi) is 6.50. The Morgan fingerprint density at radius 2 is 1.94 bits per heavy atom. The Morgan fingerprint density at radius 3 is 2.38 bits per heavy atom. The predicted molar refractivity (Wildman–Crippen MR) is 51.0 cm³/mol. The van der Waals surface area contributed by atoms with Crippen molar-refractivity contribution in [3.05, 3.63) is 0 Å². The number of carbonyl (C=O) groups excluding carboxylic acids is 2. The smallest absolute Gasteiger partial charge is 0.548 e. The van der Waals surface area contributed by atoms with E-state index in [1.807, 2.05) is 0 Å². The summed E-state index contributed by atoms with van der Waals surface area (Å²) in [6.07, 6.45) is 0.550. The molecule has 5 nitrogen and oxygen atoms in total. The average Bonchev–Trinajstić information content (AvgIpc) is 2.47. The molecule has 0 radical (unpaired) electrons. The Balaban J connectivity index is 0.00000225. The van der Waals surface area contributed by atoms with Crippen LogP contribution in [0.15, 0.2) is 0 Å². The monoisotopic (exact) mass is 253 g/mol. The first-order chi connectivity index (χ1) is 6.81. The van der Waals surface area contributed by atoms with Crippen molar-refractivity contribution in [3.8, 4) is 0 Å². The zero-order valence-corrected chi connectivity index (χ0v) is 13.4. The maximum absolute atomic E-state index is 11.6.